The van der Waals surface area contributed by atoms with Crippen LogP contribution in [-0.2, 0) is 0 Å². The smallest absolute Gasteiger partial charge is 0.0730 e. The van der Waals surface area contributed by atoms with E-state index in [4.69, 9.17) is 5.73 Å². The van der Waals surface area contributed by atoms with Crippen LogP contribution >= 0.6 is 0 Å². The molecule has 0 saturated carbocycles. The van der Waals surface area contributed by atoms with E-state index in [2.05, 4.69) is 29.0 Å². The van der Waals surface area contributed by atoms with Crippen molar-refractivity contribution in [2.75, 3.05) is 11.1 Å². The maximum Gasteiger partial charge on any atom is 0.0730 e. The Labute approximate surface area is 111 Å². The third-order valence-corrected chi connectivity index (χ3v) is 2.99. The van der Waals surface area contributed by atoms with E-state index in [0.717, 1.165) is 38.9 Å². The Balaban J connectivity index is 2.21. The van der Waals surface area contributed by atoms with Crippen LogP contribution in [0.4, 0.5) is 11.4 Å². The number of benzene rings is 2. The molecule has 0 spiro atoms. The number of nitrogens with two attached hydrogens (primary N) is 1. The highest BCUT2D eigenvalue weighted by molar-refractivity contribution is 5.95. The second kappa shape index (κ2) is 4.28. The lowest BCUT2D eigenvalue weighted by atomic mass is 10.1. The zero-order valence-electron chi connectivity index (χ0n) is 10.8. The molecule has 19 heavy (non-hydrogen) atoms. The number of nitrogen functional groups attached to an aromatic ring is 1. The van der Waals surface area contributed by atoms with Crippen molar-refractivity contribution in [2.24, 2.45) is 0 Å². The number of nitrogens with zero attached hydrogens (tertiary/aromatic N) is 1. The third-order valence-electron chi connectivity index (χ3n) is 2.99. The Morgan fingerprint density at radius 1 is 1.05 bits per heavy atom. The van der Waals surface area contributed by atoms with Crippen molar-refractivity contribution in [1.82, 2.24) is 4.98 Å². The maximum atomic E-state index is 5.80. The molecule has 3 aromatic rings. The highest BCUT2D eigenvalue weighted by Gasteiger charge is 2.02. The highest BCUT2D eigenvalue weighted by Crippen LogP contribution is 2.24. The summed E-state index contributed by atoms with van der Waals surface area (Å²) in [5.41, 5.74) is 10.3. The Bertz CT molecular complexity index is 790. The number of pyridine rings is 1. The number of aromatic nitrogens is 1. The number of allylic oxidation sites excluding steroid dienone is 1. The number of rotatable bonds is 2. The molecule has 0 saturated heterocycles. The summed E-state index contributed by atoms with van der Waals surface area (Å²) >= 11 is 0. The highest BCUT2D eigenvalue weighted by atomic mass is 14.9. The van der Waals surface area contributed by atoms with E-state index in [1.807, 2.05) is 37.3 Å². The fourth-order valence-electron chi connectivity index (χ4n) is 2.16. The van der Waals surface area contributed by atoms with Crippen molar-refractivity contribution in [1.29, 1.82) is 0 Å². The number of fused-ring (bicyclic) bond motifs is 2. The summed E-state index contributed by atoms with van der Waals surface area (Å²) in [7, 11) is 0. The maximum absolute atomic E-state index is 5.80. The summed E-state index contributed by atoms with van der Waals surface area (Å²) in [6.45, 7) is 5.77. The van der Waals surface area contributed by atoms with Crippen molar-refractivity contribution < 1.29 is 0 Å². The summed E-state index contributed by atoms with van der Waals surface area (Å²) < 4.78 is 0. The molecule has 0 bridgehead atoms. The first-order valence-electron chi connectivity index (χ1n) is 6.14. The van der Waals surface area contributed by atoms with E-state index in [1.165, 1.54) is 0 Å². The molecule has 0 fully saturated rings. The average Bonchev–Trinajstić information content (AvgIpc) is 2.35. The zero-order valence-corrected chi connectivity index (χ0v) is 10.8. The average molecular weight is 249 g/mol. The minimum atomic E-state index is 0.732. The van der Waals surface area contributed by atoms with Gasteiger partial charge in [0.05, 0.1) is 11.0 Å². The first-order chi connectivity index (χ1) is 9.11. The minimum absolute atomic E-state index is 0.732. The molecule has 3 N–H and O–H groups in total. The van der Waals surface area contributed by atoms with Gasteiger partial charge in [-0.3, -0.25) is 0 Å². The van der Waals surface area contributed by atoms with Crippen molar-refractivity contribution in [3.63, 3.8) is 0 Å². The third kappa shape index (κ3) is 2.22. The van der Waals surface area contributed by atoms with E-state index in [0.29, 0.717) is 0 Å². The first kappa shape index (κ1) is 11.5. The van der Waals surface area contributed by atoms with Gasteiger partial charge in [-0.25, -0.2) is 4.98 Å². The molecule has 3 rings (SSSR count). The summed E-state index contributed by atoms with van der Waals surface area (Å²) in [6.07, 6.45) is 0. The Morgan fingerprint density at radius 2 is 1.74 bits per heavy atom. The molecule has 0 aliphatic heterocycles. The molecule has 0 amide bonds. The van der Waals surface area contributed by atoms with Gasteiger partial charge >= 0.3 is 0 Å². The van der Waals surface area contributed by atoms with E-state index in [-0.39, 0.29) is 0 Å². The fourth-order valence-corrected chi connectivity index (χ4v) is 2.16. The standard InChI is InChI=1S/C16H15N3/c1-10(2)18-14-6-4-12-7-11-3-5-13(17)8-15(11)19-16(12)9-14/h3-9,18H,1,17H2,2H3. The number of hydrogen-bond acceptors (Lipinski definition) is 3. The van der Waals surface area contributed by atoms with Crippen molar-refractivity contribution in [3.8, 4) is 0 Å². The van der Waals surface area contributed by atoms with Crippen LogP contribution in [0.3, 0.4) is 0 Å². The summed E-state index contributed by atoms with van der Waals surface area (Å²) in [5.74, 6) is 0. The number of nitrogens with one attached hydrogen (secondary N) is 1. The monoisotopic (exact) mass is 249 g/mol. The predicted molar refractivity (Wildman–Crippen MR) is 82.1 cm³/mol. The Kier molecular flexibility index (Phi) is 2.60. The van der Waals surface area contributed by atoms with Gasteiger partial charge in [0.1, 0.15) is 0 Å². The van der Waals surface area contributed by atoms with Crippen LogP contribution in [0.5, 0.6) is 0 Å². The van der Waals surface area contributed by atoms with Crippen LogP contribution < -0.4 is 11.1 Å². The zero-order chi connectivity index (χ0) is 13.4. The van der Waals surface area contributed by atoms with Crippen LogP contribution in [0.15, 0.2) is 54.7 Å². The van der Waals surface area contributed by atoms with Crippen LogP contribution in [0.2, 0.25) is 0 Å². The lowest BCUT2D eigenvalue weighted by Gasteiger charge is -2.07. The van der Waals surface area contributed by atoms with Crippen molar-refractivity contribution >= 4 is 33.2 Å². The SMILES string of the molecule is C=C(C)Nc1ccc2cc3ccc(N)cc3nc2c1. The van der Waals surface area contributed by atoms with Gasteiger partial charge in [0.15, 0.2) is 0 Å². The minimum Gasteiger partial charge on any atom is -0.399 e. The van der Waals surface area contributed by atoms with Gasteiger partial charge < -0.3 is 11.1 Å². The quantitative estimate of drug-likeness (QED) is 0.534. The van der Waals surface area contributed by atoms with Crippen LogP contribution in [-0.4, -0.2) is 4.98 Å². The molecule has 3 nitrogen and oxygen atoms in total. The molecular weight excluding hydrogens is 234 g/mol. The van der Waals surface area contributed by atoms with E-state index in [1.54, 1.807) is 0 Å². The second-order valence-electron chi connectivity index (χ2n) is 4.75. The molecule has 1 heterocycles. The van der Waals surface area contributed by atoms with Gasteiger partial charge in [-0.15, -0.1) is 0 Å². The molecule has 3 heteroatoms. The largest absolute Gasteiger partial charge is 0.399 e. The van der Waals surface area contributed by atoms with Crippen molar-refractivity contribution in [2.45, 2.75) is 6.92 Å². The van der Waals surface area contributed by atoms with Gasteiger partial charge in [0.2, 0.25) is 0 Å². The predicted octanol–water partition coefficient (Wildman–Crippen LogP) is 3.92. The molecule has 0 atom stereocenters. The molecule has 94 valence electrons. The van der Waals surface area contributed by atoms with Crippen LogP contribution in [0.1, 0.15) is 6.92 Å². The summed E-state index contributed by atoms with van der Waals surface area (Å²) in [6, 6.07) is 14.0. The summed E-state index contributed by atoms with van der Waals surface area (Å²) in [5, 5.41) is 5.41. The van der Waals surface area contributed by atoms with Gasteiger partial charge in [0.25, 0.3) is 0 Å². The van der Waals surface area contributed by atoms with E-state index in [9.17, 15) is 0 Å². The molecule has 1 aromatic heterocycles. The van der Waals surface area contributed by atoms with Crippen molar-refractivity contribution in [3.05, 3.63) is 54.7 Å². The first-order valence-corrected chi connectivity index (χ1v) is 6.14. The number of anilines is 2. The molecular formula is C16H15N3. The normalized spacial score (nSPS) is 10.8. The molecule has 0 radical (unpaired) electrons. The summed E-state index contributed by atoms with van der Waals surface area (Å²) in [4.78, 5) is 4.66. The number of hydrogen-bond donors (Lipinski definition) is 2. The van der Waals surface area contributed by atoms with Crippen LogP contribution in [0.25, 0.3) is 21.8 Å². The fraction of sp³-hybridized carbons (Fsp3) is 0.0625. The van der Waals surface area contributed by atoms with Crippen LogP contribution in [0, 0.1) is 0 Å². The lowest BCUT2D eigenvalue weighted by molar-refractivity contribution is 1.40. The molecule has 2 aromatic carbocycles. The lowest BCUT2D eigenvalue weighted by Crippen LogP contribution is -1.94. The topological polar surface area (TPSA) is 50.9 Å². The van der Waals surface area contributed by atoms with E-state index >= 15 is 0 Å². The molecule has 0 aliphatic carbocycles. The second-order valence-corrected chi connectivity index (χ2v) is 4.75. The molecule has 0 aliphatic rings. The van der Waals surface area contributed by atoms with Gasteiger partial charge in [-0.05, 0) is 37.3 Å². The Morgan fingerprint density at radius 3 is 2.47 bits per heavy atom. The molecule has 0 unspecified atom stereocenters. The Hall–Kier alpha value is -2.55. The van der Waals surface area contributed by atoms with Gasteiger partial charge in [-0.2, -0.15) is 0 Å². The van der Waals surface area contributed by atoms with Gasteiger partial charge in [0, 0.05) is 27.8 Å². The van der Waals surface area contributed by atoms with E-state index < -0.39 is 0 Å². The van der Waals surface area contributed by atoms with Gasteiger partial charge in [-0.1, -0.05) is 18.7 Å².